The smallest absolute Gasteiger partial charge is 0.323 e. The van der Waals surface area contributed by atoms with Crippen molar-refractivity contribution in [2.24, 2.45) is 17.1 Å². The average Bonchev–Trinajstić information content (AvgIpc) is 2.76. The lowest BCUT2D eigenvalue weighted by atomic mass is 9.66. The van der Waals surface area contributed by atoms with Crippen molar-refractivity contribution < 1.29 is 13.2 Å². The van der Waals surface area contributed by atoms with Crippen molar-refractivity contribution in [3.63, 3.8) is 0 Å². The number of halogens is 3. The summed E-state index contributed by atoms with van der Waals surface area (Å²) in [5, 5.41) is -0.799. The van der Waals surface area contributed by atoms with Crippen molar-refractivity contribution in [3.05, 3.63) is 16.1 Å². The highest BCUT2D eigenvalue weighted by Gasteiger charge is 2.39. The first-order valence-corrected chi connectivity index (χ1v) is 7.32. The fraction of sp³-hybridized carbons (Fsp3) is 0.769. The summed E-state index contributed by atoms with van der Waals surface area (Å²) in [6, 6.07) is -0.344. The van der Waals surface area contributed by atoms with Crippen LogP contribution in [0.25, 0.3) is 0 Å². The van der Waals surface area contributed by atoms with Gasteiger partial charge in [-0.3, -0.25) is 0 Å². The van der Waals surface area contributed by atoms with E-state index in [0.717, 1.165) is 19.3 Å². The lowest BCUT2D eigenvalue weighted by Gasteiger charge is -2.41. The molecule has 2 rings (SSSR count). The summed E-state index contributed by atoms with van der Waals surface area (Å²) in [7, 11) is 0. The standard InChI is InChI=1S/C13H19F3N2S/c1-12(2)6-4-3-5-8(12)10(17)9-7-18-11(19-9)13(14,15)16/h7-8,10H,3-6,17H2,1-2H3. The lowest BCUT2D eigenvalue weighted by Crippen LogP contribution is -2.35. The van der Waals surface area contributed by atoms with Gasteiger partial charge in [-0.15, -0.1) is 11.3 Å². The Bertz CT molecular complexity index is 439. The molecular formula is C13H19F3N2S. The van der Waals surface area contributed by atoms with Crippen LogP contribution in [0.2, 0.25) is 0 Å². The van der Waals surface area contributed by atoms with E-state index in [4.69, 9.17) is 5.73 Å². The summed E-state index contributed by atoms with van der Waals surface area (Å²) in [4.78, 5) is 4.01. The maximum absolute atomic E-state index is 12.6. The summed E-state index contributed by atoms with van der Waals surface area (Å²) in [6.45, 7) is 4.31. The van der Waals surface area contributed by atoms with Gasteiger partial charge in [-0.05, 0) is 24.2 Å². The van der Waals surface area contributed by atoms with Crippen LogP contribution in [0.3, 0.4) is 0 Å². The van der Waals surface area contributed by atoms with E-state index >= 15 is 0 Å². The lowest BCUT2D eigenvalue weighted by molar-refractivity contribution is -0.137. The third-order valence-corrected chi connectivity index (χ3v) is 5.26. The summed E-state index contributed by atoms with van der Waals surface area (Å²) < 4.78 is 37.7. The van der Waals surface area contributed by atoms with Crippen LogP contribution in [0.1, 0.15) is 55.5 Å². The van der Waals surface area contributed by atoms with Crippen molar-refractivity contribution >= 4 is 11.3 Å². The maximum Gasteiger partial charge on any atom is 0.443 e. The van der Waals surface area contributed by atoms with Gasteiger partial charge in [-0.2, -0.15) is 13.2 Å². The average molecular weight is 292 g/mol. The van der Waals surface area contributed by atoms with Crippen LogP contribution in [0.5, 0.6) is 0 Å². The number of alkyl halides is 3. The van der Waals surface area contributed by atoms with Crippen LogP contribution in [0.15, 0.2) is 6.20 Å². The SMILES string of the molecule is CC1(C)CCCCC1C(N)c1cnc(C(F)(F)F)s1. The summed E-state index contributed by atoms with van der Waals surface area (Å²) in [6.07, 6.45) is 1.26. The molecule has 19 heavy (non-hydrogen) atoms. The molecule has 2 N–H and O–H groups in total. The van der Waals surface area contributed by atoms with E-state index in [2.05, 4.69) is 18.8 Å². The van der Waals surface area contributed by atoms with Gasteiger partial charge in [-0.1, -0.05) is 26.7 Å². The van der Waals surface area contributed by atoms with Gasteiger partial charge in [0, 0.05) is 17.1 Å². The highest BCUT2D eigenvalue weighted by atomic mass is 32.1. The minimum absolute atomic E-state index is 0.0834. The van der Waals surface area contributed by atoms with Crippen molar-refractivity contribution in [2.45, 2.75) is 51.7 Å². The maximum atomic E-state index is 12.6. The van der Waals surface area contributed by atoms with Gasteiger partial charge in [0.25, 0.3) is 0 Å². The second kappa shape index (κ2) is 5.05. The number of hydrogen-bond donors (Lipinski definition) is 1. The van der Waals surface area contributed by atoms with Crippen LogP contribution in [-0.2, 0) is 6.18 Å². The molecule has 1 aromatic rings. The van der Waals surface area contributed by atoms with Gasteiger partial charge >= 0.3 is 6.18 Å². The van der Waals surface area contributed by atoms with Gasteiger partial charge < -0.3 is 5.73 Å². The molecule has 2 unspecified atom stereocenters. The van der Waals surface area contributed by atoms with E-state index in [-0.39, 0.29) is 17.4 Å². The Labute approximate surface area is 115 Å². The van der Waals surface area contributed by atoms with Gasteiger partial charge in [0.05, 0.1) is 0 Å². The van der Waals surface area contributed by atoms with E-state index in [9.17, 15) is 13.2 Å². The molecule has 0 amide bonds. The molecule has 1 aromatic heterocycles. The Balaban J connectivity index is 2.19. The van der Waals surface area contributed by atoms with Crippen molar-refractivity contribution in [1.82, 2.24) is 4.98 Å². The molecule has 0 aliphatic heterocycles. The monoisotopic (exact) mass is 292 g/mol. The van der Waals surface area contributed by atoms with Gasteiger partial charge in [0.2, 0.25) is 0 Å². The van der Waals surface area contributed by atoms with E-state index in [1.807, 2.05) is 0 Å². The molecule has 0 aromatic carbocycles. The largest absolute Gasteiger partial charge is 0.443 e. The molecule has 0 bridgehead atoms. The van der Waals surface area contributed by atoms with E-state index in [1.165, 1.54) is 12.6 Å². The van der Waals surface area contributed by atoms with Crippen molar-refractivity contribution in [3.8, 4) is 0 Å². The fourth-order valence-corrected chi connectivity index (χ4v) is 3.81. The normalized spacial score (nSPS) is 25.3. The van der Waals surface area contributed by atoms with Crippen LogP contribution < -0.4 is 5.73 Å². The van der Waals surface area contributed by atoms with Crippen LogP contribution in [-0.4, -0.2) is 4.98 Å². The van der Waals surface area contributed by atoms with E-state index in [1.54, 1.807) is 0 Å². The minimum Gasteiger partial charge on any atom is -0.323 e. The van der Waals surface area contributed by atoms with Crippen molar-refractivity contribution in [1.29, 1.82) is 0 Å². The molecule has 108 valence electrons. The number of rotatable bonds is 2. The molecule has 0 saturated heterocycles. The Morgan fingerprint density at radius 3 is 2.63 bits per heavy atom. The predicted octanol–water partition coefficient (Wildman–Crippen LogP) is 4.38. The zero-order chi connectivity index (χ0) is 14.3. The molecule has 1 aliphatic carbocycles. The Kier molecular flexibility index (Phi) is 3.93. The fourth-order valence-electron chi connectivity index (χ4n) is 2.96. The first-order chi connectivity index (χ1) is 8.72. The van der Waals surface area contributed by atoms with Crippen molar-refractivity contribution in [2.75, 3.05) is 0 Å². The van der Waals surface area contributed by atoms with Crippen LogP contribution >= 0.6 is 11.3 Å². The third-order valence-electron chi connectivity index (χ3n) is 4.12. The minimum atomic E-state index is -4.37. The van der Waals surface area contributed by atoms with Gasteiger partial charge in [-0.25, -0.2) is 4.98 Å². The predicted molar refractivity (Wildman–Crippen MR) is 69.8 cm³/mol. The molecule has 1 aliphatic rings. The van der Waals surface area contributed by atoms with Crippen LogP contribution in [0, 0.1) is 11.3 Å². The molecule has 1 saturated carbocycles. The van der Waals surface area contributed by atoms with Gasteiger partial charge in [0.1, 0.15) is 0 Å². The summed E-state index contributed by atoms with van der Waals surface area (Å²) >= 11 is 0.681. The summed E-state index contributed by atoms with van der Waals surface area (Å²) in [5.74, 6) is 0.225. The Morgan fingerprint density at radius 2 is 2.11 bits per heavy atom. The Morgan fingerprint density at radius 1 is 1.42 bits per heavy atom. The second-order valence-corrected chi connectivity index (χ2v) is 6.99. The number of aromatic nitrogens is 1. The molecule has 1 heterocycles. The zero-order valence-electron chi connectivity index (χ0n) is 11.1. The molecule has 0 spiro atoms. The highest BCUT2D eigenvalue weighted by Crippen LogP contribution is 2.47. The number of hydrogen-bond acceptors (Lipinski definition) is 3. The number of nitrogens with zero attached hydrogens (tertiary/aromatic N) is 1. The van der Waals surface area contributed by atoms with Gasteiger partial charge in [0.15, 0.2) is 5.01 Å². The molecule has 2 atom stereocenters. The molecule has 2 nitrogen and oxygen atoms in total. The number of thiazole rings is 1. The quantitative estimate of drug-likeness (QED) is 0.878. The zero-order valence-corrected chi connectivity index (χ0v) is 11.9. The first-order valence-electron chi connectivity index (χ1n) is 6.50. The third kappa shape index (κ3) is 3.11. The Hall–Kier alpha value is -0.620. The topological polar surface area (TPSA) is 38.9 Å². The summed E-state index contributed by atoms with van der Waals surface area (Å²) in [5.41, 5.74) is 6.29. The molecule has 0 radical (unpaired) electrons. The number of nitrogens with two attached hydrogens (primary N) is 1. The first kappa shape index (κ1) is 14.8. The van der Waals surface area contributed by atoms with E-state index < -0.39 is 11.2 Å². The molecule has 1 fully saturated rings. The van der Waals surface area contributed by atoms with Crippen LogP contribution in [0.4, 0.5) is 13.2 Å². The molecular weight excluding hydrogens is 273 g/mol. The van der Waals surface area contributed by atoms with E-state index in [0.29, 0.717) is 16.2 Å². The molecule has 6 heteroatoms. The second-order valence-electron chi connectivity index (χ2n) is 5.93. The highest BCUT2D eigenvalue weighted by molar-refractivity contribution is 7.11.